The Bertz CT molecular complexity index is 757. The Balaban J connectivity index is 2.13. The van der Waals surface area contributed by atoms with E-state index in [1.807, 2.05) is 42.5 Å². The van der Waals surface area contributed by atoms with Gasteiger partial charge in [-0.15, -0.1) is 0 Å². The molecule has 3 rings (SSSR count). The van der Waals surface area contributed by atoms with E-state index in [1.54, 1.807) is 6.92 Å². The summed E-state index contributed by atoms with van der Waals surface area (Å²) in [7, 11) is 0. The average Bonchev–Trinajstić information content (AvgIpc) is 2.81. The van der Waals surface area contributed by atoms with Gasteiger partial charge in [-0.3, -0.25) is 9.89 Å². The van der Waals surface area contributed by atoms with Crippen molar-refractivity contribution in [2.75, 3.05) is 5.73 Å². The number of H-pyrrole nitrogens is 1. The minimum Gasteiger partial charge on any atom is -0.399 e. The molecule has 1 aromatic heterocycles. The van der Waals surface area contributed by atoms with Crippen molar-refractivity contribution in [1.82, 2.24) is 10.2 Å². The number of hydrogen-bond donors (Lipinski definition) is 2. The third-order valence-electron chi connectivity index (χ3n) is 3.15. The molecule has 0 aliphatic rings. The summed E-state index contributed by atoms with van der Waals surface area (Å²) < 4.78 is 0. The van der Waals surface area contributed by atoms with E-state index in [1.165, 1.54) is 0 Å². The van der Waals surface area contributed by atoms with E-state index in [2.05, 4.69) is 10.2 Å². The number of nitrogen functional groups attached to an aromatic ring is 1. The van der Waals surface area contributed by atoms with Crippen molar-refractivity contribution in [1.29, 1.82) is 0 Å². The van der Waals surface area contributed by atoms with Crippen molar-refractivity contribution in [3.8, 4) is 11.3 Å². The predicted octanol–water partition coefficient (Wildman–Crippen LogP) is 3.01. The molecule has 19 heavy (non-hydrogen) atoms. The Morgan fingerprint density at radius 2 is 1.89 bits per heavy atom. The van der Waals surface area contributed by atoms with Gasteiger partial charge in [-0.25, -0.2) is 0 Å². The van der Waals surface area contributed by atoms with Crippen molar-refractivity contribution in [2.24, 2.45) is 0 Å². The number of anilines is 1. The third-order valence-corrected chi connectivity index (χ3v) is 3.15. The molecule has 0 bridgehead atoms. The molecule has 4 heteroatoms. The van der Waals surface area contributed by atoms with Crippen LogP contribution in [0.3, 0.4) is 0 Å². The molecular formula is C15H13N3O. The van der Waals surface area contributed by atoms with Crippen LogP contribution in [0, 0.1) is 0 Å². The molecule has 94 valence electrons. The summed E-state index contributed by atoms with van der Waals surface area (Å²) in [4.78, 5) is 11.3. The Morgan fingerprint density at radius 3 is 2.58 bits per heavy atom. The second-order valence-corrected chi connectivity index (χ2v) is 4.51. The lowest BCUT2D eigenvalue weighted by Gasteiger charge is -2.00. The van der Waals surface area contributed by atoms with E-state index >= 15 is 0 Å². The van der Waals surface area contributed by atoms with Gasteiger partial charge >= 0.3 is 0 Å². The van der Waals surface area contributed by atoms with Crippen LogP contribution in [0.15, 0.2) is 42.5 Å². The molecule has 0 fully saturated rings. The van der Waals surface area contributed by atoms with Crippen LogP contribution in [0.25, 0.3) is 22.2 Å². The molecule has 0 saturated heterocycles. The second-order valence-electron chi connectivity index (χ2n) is 4.51. The third kappa shape index (κ3) is 1.97. The highest BCUT2D eigenvalue weighted by atomic mass is 16.1. The van der Waals surface area contributed by atoms with Gasteiger partial charge in [0, 0.05) is 22.2 Å². The van der Waals surface area contributed by atoms with Crippen LogP contribution in [0.1, 0.15) is 17.3 Å². The molecule has 0 unspecified atom stereocenters. The number of Topliss-reactive ketones (excluding diaryl/α,β-unsaturated/α-hetero) is 1. The van der Waals surface area contributed by atoms with Gasteiger partial charge in [-0.2, -0.15) is 5.10 Å². The van der Waals surface area contributed by atoms with Gasteiger partial charge in [0.2, 0.25) is 0 Å². The van der Waals surface area contributed by atoms with Crippen LogP contribution in [-0.4, -0.2) is 16.0 Å². The number of carbonyl (C=O) groups is 1. The number of aromatic nitrogens is 2. The predicted molar refractivity (Wildman–Crippen MR) is 75.9 cm³/mol. The van der Waals surface area contributed by atoms with Crippen LogP contribution in [0.5, 0.6) is 0 Å². The van der Waals surface area contributed by atoms with Crippen LogP contribution in [0.2, 0.25) is 0 Å². The summed E-state index contributed by atoms with van der Waals surface area (Å²) in [5.41, 5.74) is 9.96. The molecular weight excluding hydrogens is 238 g/mol. The van der Waals surface area contributed by atoms with Crippen LogP contribution in [0.4, 0.5) is 5.69 Å². The van der Waals surface area contributed by atoms with Crippen LogP contribution < -0.4 is 5.73 Å². The maximum atomic E-state index is 11.3. The number of ketones is 1. The first-order valence-electron chi connectivity index (χ1n) is 6.00. The van der Waals surface area contributed by atoms with E-state index in [0.717, 1.165) is 22.2 Å². The lowest BCUT2D eigenvalue weighted by Crippen LogP contribution is -1.91. The Hall–Kier alpha value is -2.62. The van der Waals surface area contributed by atoms with Gasteiger partial charge in [0.1, 0.15) is 0 Å². The molecule has 2 aromatic carbocycles. The van der Waals surface area contributed by atoms with Gasteiger partial charge in [0.25, 0.3) is 0 Å². The van der Waals surface area contributed by atoms with E-state index in [0.29, 0.717) is 11.3 Å². The molecule has 3 aromatic rings. The van der Waals surface area contributed by atoms with Gasteiger partial charge in [0.15, 0.2) is 5.78 Å². The first-order chi connectivity index (χ1) is 9.15. The van der Waals surface area contributed by atoms with Crippen molar-refractivity contribution < 1.29 is 4.79 Å². The molecule has 0 aliphatic carbocycles. The first kappa shape index (κ1) is 11.5. The van der Waals surface area contributed by atoms with Gasteiger partial charge in [-0.1, -0.05) is 24.3 Å². The van der Waals surface area contributed by atoms with Gasteiger partial charge in [0.05, 0.1) is 11.2 Å². The standard InChI is InChI=1S/C15H13N3O/c1-9(19)10-2-4-11(5-3-10)15-13-8-12(16)6-7-14(13)17-18-15/h2-8H,16H2,1H3,(H,17,18). The fourth-order valence-electron chi connectivity index (χ4n) is 2.11. The lowest BCUT2D eigenvalue weighted by atomic mass is 10.0. The summed E-state index contributed by atoms with van der Waals surface area (Å²) in [5.74, 6) is 0.0580. The minimum atomic E-state index is 0.0580. The van der Waals surface area contributed by atoms with Gasteiger partial charge in [-0.05, 0) is 25.1 Å². The van der Waals surface area contributed by atoms with Crippen molar-refractivity contribution in [3.05, 3.63) is 48.0 Å². The number of carbonyl (C=O) groups excluding carboxylic acids is 1. The number of nitrogens with one attached hydrogen (secondary N) is 1. The molecule has 0 saturated carbocycles. The summed E-state index contributed by atoms with van der Waals surface area (Å²) in [6.07, 6.45) is 0. The molecule has 0 amide bonds. The normalized spacial score (nSPS) is 10.8. The van der Waals surface area contributed by atoms with Crippen LogP contribution in [-0.2, 0) is 0 Å². The minimum absolute atomic E-state index is 0.0580. The van der Waals surface area contributed by atoms with Crippen molar-refractivity contribution in [2.45, 2.75) is 6.92 Å². The molecule has 0 spiro atoms. The fourth-order valence-corrected chi connectivity index (χ4v) is 2.11. The number of aromatic amines is 1. The summed E-state index contributed by atoms with van der Waals surface area (Å²) >= 11 is 0. The highest BCUT2D eigenvalue weighted by Gasteiger charge is 2.09. The van der Waals surface area contributed by atoms with E-state index in [9.17, 15) is 4.79 Å². The lowest BCUT2D eigenvalue weighted by molar-refractivity contribution is 0.101. The SMILES string of the molecule is CC(=O)c1ccc(-c2n[nH]c3ccc(N)cc23)cc1. The monoisotopic (exact) mass is 251 g/mol. The van der Waals surface area contributed by atoms with E-state index in [4.69, 9.17) is 5.73 Å². The van der Waals surface area contributed by atoms with E-state index in [-0.39, 0.29) is 5.78 Å². The number of rotatable bonds is 2. The van der Waals surface area contributed by atoms with E-state index < -0.39 is 0 Å². The first-order valence-corrected chi connectivity index (χ1v) is 6.00. The zero-order chi connectivity index (χ0) is 13.4. The number of fused-ring (bicyclic) bond motifs is 1. The van der Waals surface area contributed by atoms with Crippen LogP contribution >= 0.6 is 0 Å². The Kier molecular flexibility index (Phi) is 2.56. The zero-order valence-electron chi connectivity index (χ0n) is 10.5. The number of nitrogens with zero attached hydrogens (tertiary/aromatic N) is 1. The quantitative estimate of drug-likeness (QED) is 0.543. The van der Waals surface area contributed by atoms with Crippen molar-refractivity contribution >= 4 is 22.4 Å². The highest BCUT2D eigenvalue weighted by Crippen LogP contribution is 2.27. The average molecular weight is 251 g/mol. The number of hydrogen-bond acceptors (Lipinski definition) is 3. The topological polar surface area (TPSA) is 71.8 Å². The molecule has 0 aliphatic heterocycles. The van der Waals surface area contributed by atoms with Gasteiger partial charge < -0.3 is 5.73 Å². The smallest absolute Gasteiger partial charge is 0.159 e. The fraction of sp³-hybridized carbons (Fsp3) is 0.0667. The highest BCUT2D eigenvalue weighted by molar-refractivity contribution is 5.97. The van der Waals surface area contributed by atoms with Crippen molar-refractivity contribution in [3.63, 3.8) is 0 Å². The summed E-state index contributed by atoms with van der Waals surface area (Å²) in [6.45, 7) is 1.56. The Labute approximate surface area is 110 Å². The maximum Gasteiger partial charge on any atom is 0.159 e. The molecule has 0 radical (unpaired) electrons. The molecule has 0 atom stereocenters. The molecule has 3 N–H and O–H groups in total. The number of nitrogens with two attached hydrogens (primary N) is 1. The summed E-state index contributed by atoms with van der Waals surface area (Å²) in [6, 6.07) is 13.1. The summed E-state index contributed by atoms with van der Waals surface area (Å²) in [5, 5.41) is 8.28. The molecule has 4 nitrogen and oxygen atoms in total. The second kappa shape index (κ2) is 4.24. The number of benzene rings is 2. The Morgan fingerprint density at radius 1 is 1.16 bits per heavy atom. The maximum absolute atomic E-state index is 11.3. The molecule has 1 heterocycles. The largest absolute Gasteiger partial charge is 0.399 e. The zero-order valence-corrected chi connectivity index (χ0v) is 10.5.